The van der Waals surface area contributed by atoms with Crippen LogP contribution in [0.2, 0.25) is 5.02 Å². The zero-order valence-electron chi connectivity index (χ0n) is 9.62. The normalized spacial score (nSPS) is 12.4. The van der Waals surface area contributed by atoms with Crippen LogP contribution in [-0.2, 0) is 10.0 Å². The van der Waals surface area contributed by atoms with Crippen molar-refractivity contribution in [3.63, 3.8) is 0 Å². The van der Waals surface area contributed by atoms with Gasteiger partial charge in [0.2, 0.25) is 0 Å². The predicted molar refractivity (Wildman–Crippen MR) is 77.5 cm³/mol. The molecule has 6 heteroatoms. The molecule has 0 aromatic heterocycles. The van der Waals surface area contributed by atoms with Gasteiger partial charge in [0.05, 0.1) is 4.90 Å². The molecule has 0 radical (unpaired) electrons. The van der Waals surface area contributed by atoms with Crippen molar-refractivity contribution in [2.75, 3.05) is 0 Å². The highest BCUT2D eigenvalue weighted by atomic mass is 35.5. The van der Waals surface area contributed by atoms with E-state index in [4.69, 9.17) is 23.2 Å². The smallest absolute Gasteiger partial charge is 0.199 e. The van der Waals surface area contributed by atoms with Crippen molar-refractivity contribution in [2.24, 2.45) is 4.40 Å². The van der Waals surface area contributed by atoms with Crippen molar-refractivity contribution in [3.8, 4) is 0 Å². The lowest BCUT2D eigenvalue weighted by Crippen LogP contribution is -2.01. The molecule has 2 aromatic carbocycles. The van der Waals surface area contributed by atoms with Gasteiger partial charge >= 0.3 is 0 Å². The van der Waals surface area contributed by atoms with Gasteiger partial charge in [-0.1, -0.05) is 53.5 Å². The first-order valence-corrected chi connectivity index (χ1v) is 7.50. The van der Waals surface area contributed by atoms with E-state index in [0.29, 0.717) is 10.6 Å². The minimum absolute atomic E-state index is 0.0472. The molecule has 3 nitrogen and oxygen atoms in total. The average Bonchev–Trinajstić information content (AvgIpc) is 2.40. The molecule has 98 valence electrons. The first kappa shape index (κ1) is 14.1. The minimum Gasteiger partial charge on any atom is -0.199 e. The Morgan fingerprint density at radius 1 is 0.947 bits per heavy atom. The molecule has 0 aliphatic carbocycles. The van der Waals surface area contributed by atoms with E-state index in [0.717, 1.165) is 0 Å². The van der Waals surface area contributed by atoms with Gasteiger partial charge in [0.1, 0.15) is 5.17 Å². The Balaban J connectivity index is 2.39. The first-order valence-electron chi connectivity index (χ1n) is 5.30. The Kier molecular flexibility index (Phi) is 4.24. The molecule has 0 spiro atoms. The van der Waals surface area contributed by atoms with Gasteiger partial charge in [-0.2, -0.15) is 8.42 Å². The third kappa shape index (κ3) is 3.56. The maximum absolute atomic E-state index is 12.0. The van der Waals surface area contributed by atoms with Crippen LogP contribution in [-0.4, -0.2) is 13.6 Å². The molecule has 0 saturated carbocycles. The fraction of sp³-hybridized carbons (Fsp3) is 0. The Morgan fingerprint density at radius 3 is 2.11 bits per heavy atom. The van der Waals surface area contributed by atoms with E-state index in [1.165, 1.54) is 24.3 Å². The lowest BCUT2D eigenvalue weighted by Gasteiger charge is -2.01. The highest BCUT2D eigenvalue weighted by Crippen LogP contribution is 2.18. The highest BCUT2D eigenvalue weighted by Gasteiger charge is 2.14. The summed E-state index contributed by atoms with van der Waals surface area (Å²) in [4.78, 5) is 0.0472. The van der Waals surface area contributed by atoms with Crippen LogP contribution >= 0.6 is 23.2 Å². The van der Waals surface area contributed by atoms with Crippen molar-refractivity contribution in [1.82, 2.24) is 0 Å². The van der Waals surface area contributed by atoms with E-state index in [9.17, 15) is 8.42 Å². The number of hydrogen-bond donors (Lipinski definition) is 0. The number of nitrogens with zero attached hydrogens (tertiary/aromatic N) is 1. The van der Waals surface area contributed by atoms with E-state index in [-0.39, 0.29) is 10.1 Å². The number of rotatable bonds is 3. The summed E-state index contributed by atoms with van der Waals surface area (Å²) in [7, 11) is -3.83. The van der Waals surface area contributed by atoms with Gasteiger partial charge in [0, 0.05) is 10.6 Å². The predicted octanol–water partition coefficient (Wildman–Crippen LogP) is 3.71. The van der Waals surface area contributed by atoms with Crippen LogP contribution in [0.15, 0.2) is 63.9 Å². The molecule has 0 bridgehead atoms. The second kappa shape index (κ2) is 5.74. The molecular formula is C13H9Cl2NO2S. The second-order valence-electron chi connectivity index (χ2n) is 3.68. The van der Waals surface area contributed by atoms with Gasteiger partial charge < -0.3 is 0 Å². The monoisotopic (exact) mass is 313 g/mol. The summed E-state index contributed by atoms with van der Waals surface area (Å²) < 4.78 is 27.6. The lowest BCUT2D eigenvalue weighted by atomic mass is 10.2. The van der Waals surface area contributed by atoms with Gasteiger partial charge in [-0.25, -0.2) is 0 Å². The SMILES string of the molecule is O=S(=O)(N=C(Cl)c1ccccc1)c1ccc(Cl)cc1. The number of hydrogen-bond acceptors (Lipinski definition) is 2. The molecule has 2 aromatic rings. The van der Waals surface area contributed by atoms with Crippen molar-refractivity contribution < 1.29 is 8.42 Å². The molecule has 0 aliphatic heterocycles. The summed E-state index contributed by atoms with van der Waals surface area (Å²) in [5.74, 6) is 0. The quantitative estimate of drug-likeness (QED) is 0.811. The van der Waals surface area contributed by atoms with Crippen molar-refractivity contribution in [1.29, 1.82) is 0 Å². The van der Waals surface area contributed by atoms with Crippen LogP contribution in [0.25, 0.3) is 0 Å². The maximum atomic E-state index is 12.0. The van der Waals surface area contributed by atoms with Gasteiger partial charge in [0.15, 0.2) is 0 Å². The highest BCUT2D eigenvalue weighted by molar-refractivity contribution is 7.90. The Hall–Kier alpha value is -1.36. The third-order valence-electron chi connectivity index (χ3n) is 2.32. The summed E-state index contributed by atoms with van der Waals surface area (Å²) in [5, 5.41) is 0.382. The third-order valence-corrected chi connectivity index (χ3v) is 4.27. The minimum atomic E-state index is -3.83. The van der Waals surface area contributed by atoms with Crippen molar-refractivity contribution in [2.45, 2.75) is 4.90 Å². The molecule has 0 heterocycles. The summed E-state index contributed by atoms with van der Waals surface area (Å²) in [6.45, 7) is 0. The fourth-order valence-electron chi connectivity index (χ4n) is 1.39. The van der Waals surface area contributed by atoms with Gasteiger partial charge in [-0.3, -0.25) is 0 Å². The molecule has 0 N–H and O–H groups in total. The molecule has 19 heavy (non-hydrogen) atoms. The maximum Gasteiger partial charge on any atom is 0.283 e. The molecule has 0 saturated heterocycles. The Morgan fingerprint density at radius 2 is 1.53 bits per heavy atom. The molecule has 0 fully saturated rings. The number of benzene rings is 2. The molecular weight excluding hydrogens is 305 g/mol. The van der Waals surface area contributed by atoms with E-state index < -0.39 is 10.0 Å². The fourth-order valence-corrected chi connectivity index (χ4v) is 2.82. The lowest BCUT2D eigenvalue weighted by molar-refractivity contribution is 0.598. The summed E-state index contributed by atoms with van der Waals surface area (Å²) in [5.41, 5.74) is 0.543. The number of halogens is 2. The van der Waals surface area contributed by atoms with Crippen molar-refractivity contribution in [3.05, 3.63) is 65.2 Å². The van der Waals surface area contributed by atoms with E-state index in [2.05, 4.69) is 4.40 Å². The largest absolute Gasteiger partial charge is 0.283 e. The zero-order valence-corrected chi connectivity index (χ0v) is 12.0. The van der Waals surface area contributed by atoms with Crippen LogP contribution in [0.3, 0.4) is 0 Å². The van der Waals surface area contributed by atoms with E-state index in [1.807, 2.05) is 0 Å². The van der Waals surface area contributed by atoms with Gasteiger partial charge in [-0.05, 0) is 24.3 Å². The average molecular weight is 314 g/mol. The van der Waals surface area contributed by atoms with E-state index in [1.54, 1.807) is 30.3 Å². The summed E-state index contributed by atoms with van der Waals surface area (Å²) in [6, 6.07) is 14.4. The first-order chi connectivity index (χ1) is 8.99. The zero-order chi connectivity index (χ0) is 13.9. The number of sulfonamides is 1. The van der Waals surface area contributed by atoms with Crippen molar-refractivity contribution >= 4 is 38.4 Å². The standard InChI is InChI=1S/C13H9Cl2NO2S/c14-11-6-8-12(9-7-11)19(17,18)16-13(15)10-4-2-1-3-5-10/h1-9H. The van der Waals surface area contributed by atoms with Crippen LogP contribution < -0.4 is 0 Å². The molecule has 0 atom stereocenters. The summed E-state index contributed by atoms with van der Waals surface area (Å²) in [6.07, 6.45) is 0. The Bertz CT molecular complexity index is 695. The molecule has 0 unspecified atom stereocenters. The summed E-state index contributed by atoms with van der Waals surface area (Å²) >= 11 is 11.6. The van der Waals surface area contributed by atoms with Crippen LogP contribution in [0, 0.1) is 0 Å². The topological polar surface area (TPSA) is 46.5 Å². The van der Waals surface area contributed by atoms with Gasteiger partial charge in [-0.15, -0.1) is 4.40 Å². The molecule has 2 rings (SSSR count). The Labute approximate surface area is 121 Å². The molecule has 0 aliphatic rings. The van der Waals surface area contributed by atoms with Gasteiger partial charge in [0.25, 0.3) is 10.0 Å². The van der Waals surface area contributed by atoms with E-state index >= 15 is 0 Å². The van der Waals surface area contributed by atoms with Crippen LogP contribution in [0.4, 0.5) is 0 Å². The van der Waals surface area contributed by atoms with Crippen LogP contribution in [0.1, 0.15) is 5.56 Å². The van der Waals surface area contributed by atoms with Crippen LogP contribution in [0.5, 0.6) is 0 Å². The molecule has 0 amide bonds. The second-order valence-corrected chi connectivity index (χ2v) is 6.08.